The molecule has 3 aromatic rings. The maximum atomic E-state index is 9.23. The predicted molar refractivity (Wildman–Crippen MR) is 116 cm³/mol. The van der Waals surface area contributed by atoms with Crippen molar-refractivity contribution in [2.24, 2.45) is 5.16 Å². The number of hydrogen-bond acceptors (Lipinski definition) is 5. The van der Waals surface area contributed by atoms with E-state index < -0.39 is 0 Å². The van der Waals surface area contributed by atoms with E-state index in [1.165, 1.54) is 0 Å². The van der Waals surface area contributed by atoms with Crippen LogP contribution in [0.15, 0.2) is 84.0 Å². The molecule has 5 nitrogen and oxygen atoms in total. The molecular formula is C25H24N2O3. The Hall–Kier alpha value is -3.78. The molecule has 0 fully saturated rings. The second kappa shape index (κ2) is 10.7. The van der Waals surface area contributed by atoms with Crippen LogP contribution >= 0.6 is 0 Å². The maximum Gasteiger partial charge on any atom is 0.134 e. The van der Waals surface area contributed by atoms with Gasteiger partial charge < -0.3 is 14.7 Å². The highest BCUT2D eigenvalue weighted by Crippen LogP contribution is 2.22. The lowest BCUT2D eigenvalue weighted by atomic mass is 9.98. The molecule has 5 heteroatoms. The van der Waals surface area contributed by atoms with Crippen molar-refractivity contribution < 1.29 is 14.7 Å². The Morgan fingerprint density at radius 1 is 0.933 bits per heavy atom. The molecule has 30 heavy (non-hydrogen) atoms. The van der Waals surface area contributed by atoms with E-state index in [1.54, 1.807) is 0 Å². The Morgan fingerprint density at radius 2 is 1.57 bits per heavy atom. The third-order valence-electron chi connectivity index (χ3n) is 4.78. The second-order valence-corrected chi connectivity index (χ2v) is 6.79. The smallest absolute Gasteiger partial charge is 0.134 e. The zero-order valence-corrected chi connectivity index (χ0v) is 16.9. The van der Waals surface area contributed by atoms with Crippen LogP contribution in [0.4, 0.5) is 0 Å². The highest BCUT2D eigenvalue weighted by atomic mass is 16.5. The van der Waals surface area contributed by atoms with Gasteiger partial charge in [0.1, 0.15) is 30.4 Å². The first-order valence-corrected chi connectivity index (χ1v) is 9.84. The van der Waals surface area contributed by atoms with Crippen LogP contribution in [0.2, 0.25) is 0 Å². The maximum absolute atomic E-state index is 9.23. The molecule has 1 unspecified atom stereocenters. The lowest BCUT2D eigenvalue weighted by Gasteiger charge is -2.11. The van der Waals surface area contributed by atoms with E-state index >= 15 is 0 Å². The molecule has 0 spiro atoms. The Morgan fingerprint density at radius 3 is 2.17 bits per heavy atom. The van der Waals surface area contributed by atoms with Crippen molar-refractivity contribution >= 4 is 5.71 Å². The number of nitrogens with zero attached hydrogens (tertiary/aromatic N) is 2. The quantitative estimate of drug-likeness (QED) is 0.291. The molecule has 0 bridgehead atoms. The van der Waals surface area contributed by atoms with E-state index in [2.05, 4.69) is 11.2 Å². The second-order valence-electron chi connectivity index (χ2n) is 6.79. The largest absolute Gasteiger partial charge is 0.489 e. The van der Waals surface area contributed by atoms with Gasteiger partial charge in [0.25, 0.3) is 0 Å². The van der Waals surface area contributed by atoms with Crippen molar-refractivity contribution in [1.82, 2.24) is 0 Å². The van der Waals surface area contributed by atoms with Crippen molar-refractivity contribution in [3.8, 4) is 17.6 Å². The van der Waals surface area contributed by atoms with Gasteiger partial charge in [-0.15, -0.1) is 0 Å². The lowest BCUT2D eigenvalue weighted by Crippen LogP contribution is -2.13. The number of hydrogen-bond donors (Lipinski definition) is 1. The van der Waals surface area contributed by atoms with Crippen molar-refractivity contribution in [3.05, 3.63) is 95.6 Å². The van der Waals surface area contributed by atoms with E-state index in [4.69, 9.17) is 14.7 Å². The highest BCUT2D eigenvalue weighted by molar-refractivity contribution is 6.01. The minimum absolute atomic E-state index is 0.0788. The minimum atomic E-state index is -0.0788. The van der Waals surface area contributed by atoms with Crippen LogP contribution in [0.3, 0.4) is 0 Å². The van der Waals surface area contributed by atoms with Gasteiger partial charge in [-0.1, -0.05) is 66.7 Å². The van der Waals surface area contributed by atoms with Crippen LogP contribution in [0.5, 0.6) is 11.5 Å². The fourth-order valence-corrected chi connectivity index (χ4v) is 3.00. The number of rotatable bonds is 9. The normalized spacial score (nSPS) is 12.1. The van der Waals surface area contributed by atoms with Crippen LogP contribution in [-0.4, -0.2) is 17.5 Å². The first kappa shape index (κ1) is 20.9. The van der Waals surface area contributed by atoms with Gasteiger partial charge in [-0.05, 0) is 41.8 Å². The zero-order chi connectivity index (χ0) is 21.2. The average molecular weight is 400 g/mol. The van der Waals surface area contributed by atoms with Gasteiger partial charge in [-0.2, -0.15) is 5.26 Å². The van der Waals surface area contributed by atoms with Crippen LogP contribution < -0.4 is 9.47 Å². The standard InChI is InChI=1S/C25H24N2O3/c1-2-20(16-26)21-10-14-24(15-11-21)29-17-19-8-12-23(13-9-19)30-18-25(27-28)22-6-4-3-5-7-22/h3-15,20,28H,2,17-18H2,1H3/b27-25+. The Kier molecular flexibility index (Phi) is 7.45. The van der Waals surface area contributed by atoms with Crippen molar-refractivity contribution in [3.63, 3.8) is 0 Å². The monoisotopic (exact) mass is 400 g/mol. The molecule has 0 aliphatic rings. The molecule has 3 rings (SSSR count). The van der Waals surface area contributed by atoms with Gasteiger partial charge in [-0.3, -0.25) is 0 Å². The van der Waals surface area contributed by atoms with Crippen molar-refractivity contribution in [1.29, 1.82) is 5.26 Å². The van der Waals surface area contributed by atoms with E-state index in [1.807, 2.05) is 85.8 Å². The molecule has 0 aliphatic carbocycles. The topological polar surface area (TPSA) is 74.8 Å². The fourth-order valence-electron chi connectivity index (χ4n) is 3.00. The number of benzene rings is 3. The van der Waals surface area contributed by atoms with Crippen molar-refractivity contribution in [2.45, 2.75) is 25.9 Å². The summed E-state index contributed by atoms with van der Waals surface area (Å²) in [6.07, 6.45) is 0.794. The predicted octanol–water partition coefficient (Wildman–Crippen LogP) is 5.54. The summed E-state index contributed by atoms with van der Waals surface area (Å²) in [4.78, 5) is 0. The molecular weight excluding hydrogens is 376 g/mol. The Balaban J connectivity index is 1.52. The molecule has 3 aromatic carbocycles. The van der Waals surface area contributed by atoms with Gasteiger partial charge in [0.2, 0.25) is 0 Å². The first-order valence-electron chi connectivity index (χ1n) is 9.84. The van der Waals surface area contributed by atoms with Gasteiger partial charge >= 0.3 is 0 Å². The summed E-state index contributed by atoms with van der Waals surface area (Å²) in [7, 11) is 0. The minimum Gasteiger partial charge on any atom is -0.489 e. The molecule has 0 aromatic heterocycles. The van der Waals surface area contributed by atoms with Gasteiger partial charge in [-0.25, -0.2) is 0 Å². The summed E-state index contributed by atoms with van der Waals surface area (Å²) in [5.41, 5.74) is 3.30. The van der Waals surface area contributed by atoms with E-state index in [0.29, 0.717) is 18.1 Å². The average Bonchev–Trinajstić information content (AvgIpc) is 2.81. The van der Waals surface area contributed by atoms with Crippen molar-refractivity contribution in [2.75, 3.05) is 6.61 Å². The van der Waals surface area contributed by atoms with E-state index in [0.717, 1.165) is 28.9 Å². The third-order valence-corrected chi connectivity index (χ3v) is 4.78. The van der Waals surface area contributed by atoms with Gasteiger partial charge in [0.15, 0.2) is 0 Å². The molecule has 1 atom stereocenters. The number of nitriles is 1. The van der Waals surface area contributed by atoms with E-state index in [-0.39, 0.29) is 12.5 Å². The Bertz CT molecular complexity index is 991. The molecule has 1 N–H and O–H groups in total. The zero-order valence-electron chi connectivity index (χ0n) is 16.9. The van der Waals surface area contributed by atoms with Crippen LogP contribution in [-0.2, 0) is 6.61 Å². The summed E-state index contributed by atoms with van der Waals surface area (Å²) in [6.45, 7) is 2.61. The summed E-state index contributed by atoms with van der Waals surface area (Å²) in [5.74, 6) is 1.37. The van der Waals surface area contributed by atoms with Gasteiger partial charge in [0, 0.05) is 5.56 Å². The molecule has 0 saturated heterocycles. The van der Waals surface area contributed by atoms with Crippen LogP contribution in [0.1, 0.15) is 36.0 Å². The Labute approximate surface area is 176 Å². The number of ether oxygens (including phenoxy) is 2. The highest BCUT2D eigenvalue weighted by Gasteiger charge is 2.08. The molecule has 0 saturated carbocycles. The summed E-state index contributed by atoms with van der Waals surface area (Å²) >= 11 is 0. The molecule has 0 amide bonds. The molecule has 152 valence electrons. The van der Waals surface area contributed by atoms with E-state index in [9.17, 15) is 5.21 Å². The summed E-state index contributed by atoms with van der Waals surface area (Å²) < 4.78 is 11.6. The van der Waals surface area contributed by atoms with Crippen LogP contribution in [0.25, 0.3) is 0 Å². The van der Waals surface area contributed by atoms with Gasteiger partial charge in [0.05, 0.1) is 12.0 Å². The summed E-state index contributed by atoms with van der Waals surface area (Å²) in [5, 5.41) is 21.7. The first-order chi connectivity index (χ1) is 14.7. The fraction of sp³-hybridized carbons (Fsp3) is 0.200. The SMILES string of the molecule is CCC(C#N)c1ccc(OCc2ccc(OC/C(=N\O)c3ccccc3)cc2)cc1. The summed E-state index contributed by atoms with van der Waals surface area (Å²) in [6, 6.07) is 27.0. The molecule has 0 aliphatic heterocycles. The lowest BCUT2D eigenvalue weighted by molar-refractivity contribution is 0.304. The molecule has 0 radical (unpaired) electrons. The third kappa shape index (κ3) is 5.62. The number of oxime groups is 1. The molecule has 0 heterocycles. The van der Waals surface area contributed by atoms with Crippen LogP contribution in [0, 0.1) is 11.3 Å².